The molecule has 94 valence electrons. The lowest BCUT2D eigenvalue weighted by atomic mass is 10.1. The molecule has 18 heavy (non-hydrogen) atoms. The van der Waals surface area contributed by atoms with Crippen LogP contribution < -0.4 is 10.1 Å². The summed E-state index contributed by atoms with van der Waals surface area (Å²) >= 11 is 0. The third-order valence-corrected chi connectivity index (χ3v) is 2.80. The number of hydrogen-bond acceptors (Lipinski definition) is 2. The molecule has 0 aliphatic heterocycles. The minimum absolute atomic E-state index is 0.612. The Balaban J connectivity index is 1.97. The second-order valence-electron chi connectivity index (χ2n) is 4.45. The van der Waals surface area contributed by atoms with Gasteiger partial charge in [0, 0.05) is 6.54 Å². The predicted molar refractivity (Wildman–Crippen MR) is 74.7 cm³/mol. The summed E-state index contributed by atoms with van der Waals surface area (Å²) in [6.07, 6.45) is 0. The first kappa shape index (κ1) is 12.7. The highest BCUT2D eigenvalue weighted by Crippen LogP contribution is 2.14. The van der Waals surface area contributed by atoms with Gasteiger partial charge in [-0.05, 0) is 37.2 Å². The molecule has 2 nitrogen and oxygen atoms in total. The maximum absolute atomic E-state index is 5.76. The Morgan fingerprint density at radius 1 is 1.00 bits per heavy atom. The van der Waals surface area contributed by atoms with E-state index in [0.29, 0.717) is 6.61 Å². The van der Waals surface area contributed by atoms with Gasteiger partial charge in [-0.15, -0.1) is 0 Å². The maximum Gasteiger partial charge on any atom is 0.119 e. The first-order valence-electron chi connectivity index (χ1n) is 6.20. The van der Waals surface area contributed by atoms with Crippen molar-refractivity contribution in [2.24, 2.45) is 0 Å². The lowest BCUT2D eigenvalue weighted by molar-refractivity contribution is 0.306. The molecule has 0 radical (unpaired) electrons. The van der Waals surface area contributed by atoms with Gasteiger partial charge in [0.05, 0.1) is 0 Å². The minimum atomic E-state index is 0.612. The molecular weight excluding hydrogens is 222 g/mol. The highest BCUT2D eigenvalue weighted by atomic mass is 16.5. The number of hydrogen-bond donors (Lipinski definition) is 1. The fraction of sp³-hybridized carbons (Fsp3) is 0.250. The molecule has 0 spiro atoms. The van der Waals surface area contributed by atoms with Crippen molar-refractivity contribution in [2.45, 2.75) is 20.1 Å². The van der Waals surface area contributed by atoms with Crippen molar-refractivity contribution in [1.82, 2.24) is 5.32 Å². The lowest BCUT2D eigenvalue weighted by Crippen LogP contribution is -2.05. The van der Waals surface area contributed by atoms with E-state index in [2.05, 4.69) is 48.6 Å². The van der Waals surface area contributed by atoms with E-state index in [1.165, 1.54) is 16.7 Å². The molecule has 0 aliphatic carbocycles. The SMILES string of the molecule is CNCc1cccc(COc2ccc(C)cc2)c1. The molecule has 0 aliphatic rings. The van der Waals surface area contributed by atoms with Crippen LogP contribution in [0.4, 0.5) is 0 Å². The second kappa shape index (κ2) is 6.22. The molecule has 0 fully saturated rings. The van der Waals surface area contributed by atoms with Gasteiger partial charge in [0.2, 0.25) is 0 Å². The van der Waals surface area contributed by atoms with Crippen LogP contribution in [0.3, 0.4) is 0 Å². The Kier molecular flexibility index (Phi) is 4.37. The van der Waals surface area contributed by atoms with Crippen LogP contribution in [0.1, 0.15) is 16.7 Å². The van der Waals surface area contributed by atoms with Gasteiger partial charge in [0.25, 0.3) is 0 Å². The molecule has 0 unspecified atom stereocenters. The Labute approximate surface area is 109 Å². The largest absolute Gasteiger partial charge is 0.489 e. The summed E-state index contributed by atoms with van der Waals surface area (Å²) in [6, 6.07) is 16.6. The van der Waals surface area contributed by atoms with Crippen LogP contribution in [0.5, 0.6) is 5.75 Å². The van der Waals surface area contributed by atoms with E-state index in [9.17, 15) is 0 Å². The molecule has 0 bridgehead atoms. The Bertz CT molecular complexity index is 491. The third kappa shape index (κ3) is 3.60. The predicted octanol–water partition coefficient (Wildman–Crippen LogP) is 3.29. The van der Waals surface area contributed by atoms with Gasteiger partial charge in [-0.1, -0.05) is 42.0 Å². The van der Waals surface area contributed by atoms with Gasteiger partial charge < -0.3 is 10.1 Å². The lowest BCUT2D eigenvalue weighted by Gasteiger charge is -2.08. The monoisotopic (exact) mass is 241 g/mol. The molecule has 2 aromatic rings. The van der Waals surface area contributed by atoms with E-state index in [1.54, 1.807) is 0 Å². The van der Waals surface area contributed by atoms with Crippen molar-refractivity contribution >= 4 is 0 Å². The Morgan fingerprint density at radius 3 is 2.44 bits per heavy atom. The first-order chi connectivity index (χ1) is 8.78. The molecule has 0 amide bonds. The zero-order chi connectivity index (χ0) is 12.8. The normalized spacial score (nSPS) is 10.3. The van der Waals surface area contributed by atoms with Gasteiger partial charge >= 0.3 is 0 Å². The quantitative estimate of drug-likeness (QED) is 0.867. The van der Waals surface area contributed by atoms with Crippen LogP contribution in [0.2, 0.25) is 0 Å². The smallest absolute Gasteiger partial charge is 0.119 e. The molecule has 1 N–H and O–H groups in total. The van der Waals surface area contributed by atoms with Crippen molar-refractivity contribution in [1.29, 1.82) is 0 Å². The van der Waals surface area contributed by atoms with Crippen LogP contribution in [0, 0.1) is 6.92 Å². The Hall–Kier alpha value is -1.80. The molecule has 0 atom stereocenters. The number of ether oxygens (including phenoxy) is 1. The van der Waals surface area contributed by atoms with Gasteiger partial charge in [-0.2, -0.15) is 0 Å². The van der Waals surface area contributed by atoms with Crippen LogP contribution in [0.15, 0.2) is 48.5 Å². The molecule has 0 saturated heterocycles. The summed E-state index contributed by atoms with van der Waals surface area (Å²) in [7, 11) is 1.95. The average molecular weight is 241 g/mol. The van der Waals surface area contributed by atoms with E-state index in [0.717, 1.165) is 12.3 Å². The maximum atomic E-state index is 5.76. The summed E-state index contributed by atoms with van der Waals surface area (Å²) in [6.45, 7) is 3.57. The number of aryl methyl sites for hydroxylation is 1. The van der Waals surface area contributed by atoms with Crippen LogP contribution in [-0.2, 0) is 13.2 Å². The molecule has 0 saturated carbocycles. The third-order valence-electron chi connectivity index (χ3n) is 2.80. The van der Waals surface area contributed by atoms with Crippen molar-refractivity contribution in [3.8, 4) is 5.75 Å². The molecule has 0 heterocycles. The summed E-state index contributed by atoms with van der Waals surface area (Å²) in [5.74, 6) is 0.916. The molecule has 2 heteroatoms. The molecule has 2 aromatic carbocycles. The van der Waals surface area contributed by atoms with Crippen molar-refractivity contribution in [3.05, 3.63) is 65.2 Å². The summed E-state index contributed by atoms with van der Waals surface area (Å²) in [5.41, 5.74) is 3.73. The number of rotatable bonds is 5. The van der Waals surface area contributed by atoms with Gasteiger partial charge in [-0.25, -0.2) is 0 Å². The van der Waals surface area contributed by atoms with E-state index in [1.807, 2.05) is 19.2 Å². The van der Waals surface area contributed by atoms with Crippen molar-refractivity contribution in [2.75, 3.05) is 7.05 Å². The Morgan fingerprint density at radius 2 is 1.72 bits per heavy atom. The van der Waals surface area contributed by atoms with E-state index in [-0.39, 0.29) is 0 Å². The summed E-state index contributed by atoms with van der Waals surface area (Å²) in [5, 5.41) is 3.15. The van der Waals surface area contributed by atoms with Gasteiger partial charge in [-0.3, -0.25) is 0 Å². The van der Waals surface area contributed by atoms with E-state index in [4.69, 9.17) is 4.74 Å². The topological polar surface area (TPSA) is 21.3 Å². The van der Waals surface area contributed by atoms with Gasteiger partial charge in [0.1, 0.15) is 12.4 Å². The molecular formula is C16H19NO. The standard InChI is InChI=1S/C16H19NO/c1-13-6-8-16(9-7-13)18-12-15-5-3-4-14(10-15)11-17-2/h3-10,17H,11-12H2,1-2H3. The molecule has 2 rings (SSSR count). The zero-order valence-electron chi connectivity index (χ0n) is 10.9. The van der Waals surface area contributed by atoms with Gasteiger partial charge in [0.15, 0.2) is 0 Å². The highest BCUT2D eigenvalue weighted by molar-refractivity contribution is 5.27. The van der Waals surface area contributed by atoms with Crippen molar-refractivity contribution in [3.63, 3.8) is 0 Å². The first-order valence-corrected chi connectivity index (χ1v) is 6.20. The van der Waals surface area contributed by atoms with Crippen LogP contribution in [0.25, 0.3) is 0 Å². The molecule has 0 aromatic heterocycles. The minimum Gasteiger partial charge on any atom is -0.489 e. The fourth-order valence-corrected chi connectivity index (χ4v) is 1.83. The van der Waals surface area contributed by atoms with E-state index < -0.39 is 0 Å². The van der Waals surface area contributed by atoms with Crippen molar-refractivity contribution < 1.29 is 4.74 Å². The summed E-state index contributed by atoms with van der Waals surface area (Å²) in [4.78, 5) is 0. The van der Waals surface area contributed by atoms with Crippen LogP contribution in [-0.4, -0.2) is 7.05 Å². The zero-order valence-corrected chi connectivity index (χ0v) is 10.9. The average Bonchev–Trinajstić information content (AvgIpc) is 2.39. The van der Waals surface area contributed by atoms with E-state index >= 15 is 0 Å². The number of benzene rings is 2. The number of nitrogens with one attached hydrogen (secondary N) is 1. The highest BCUT2D eigenvalue weighted by Gasteiger charge is 1.97. The second-order valence-corrected chi connectivity index (χ2v) is 4.45. The summed E-state index contributed by atoms with van der Waals surface area (Å²) < 4.78 is 5.76. The fourth-order valence-electron chi connectivity index (χ4n) is 1.83. The van der Waals surface area contributed by atoms with Crippen LogP contribution >= 0.6 is 0 Å².